The average Bonchev–Trinajstić information content (AvgIpc) is 2.96. The van der Waals surface area contributed by atoms with E-state index in [9.17, 15) is 4.79 Å². The molecule has 0 fully saturated rings. The molecule has 0 aliphatic rings. The number of nitrogens with zero attached hydrogens (tertiary/aromatic N) is 3. The van der Waals surface area contributed by atoms with Crippen LogP contribution in [0, 0.1) is 0 Å². The number of furan rings is 1. The first-order chi connectivity index (χ1) is 8.69. The van der Waals surface area contributed by atoms with Crippen LogP contribution in [0.4, 0.5) is 10.7 Å². The van der Waals surface area contributed by atoms with Gasteiger partial charge in [0.25, 0.3) is 0 Å². The number of amides is 2. The fourth-order valence-corrected chi connectivity index (χ4v) is 1.50. The molecular formula is C11H15N5O2. The smallest absolute Gasteiger partial charge is 0.322 e. The van der Waals surface area contributed by atoms with Gasteiger partial charge in [0.1, 0.15) is 11.6 Å². The fourth-order valence-electron chi connectivity index (χ4n) is 1.50. The molecule has 7 heteroatoms. The van der Waals surface area contributed by atoms with Gasteiger partial charge in [0.05, 0.1) is 12.8 Å². The van der Waals surface area contributed by atoms with Crippen molar-refractivity contribution in [1.29, 1.82) is 0 Å². The van der Waals surface area contributed by atoms with Gasteiger partial charge in [-0.2, -0.15) is 4.98 Å². The maximum atomic E-state index is 11.6. The van der Waals surface area contributed by atoms with Crippen molar-refractivity contribution in [2.45, 2.75) is 19.9 Å². The Bertz CT molecular complexity index is 518. The topological polar surface area (TPSA) is 85.0 Å². The Balaban J connectivity index is 1.86. The molecule has 7 nitrogen and oxygen atoms in total. The van der Waals surface area contributed by atoms with Gasteiger partial charge in [0, 0.05) is 13.5 Å². The minimum absolute atomic E-state index is 0.297. The van der Waals surface area contributed by atoms with E-state index in [1.807, 2.05) is 6.92 Å². The predicted molar refractivity (Wildman–Crippen MR) is 64.9 cm³/mol. The first-order valence-corrected chi connectivity index (χ1v) is 5.66. The summed E-state index contributed by atoms with van der Waals surface area (Å²) >= 11 is 0. The number of aromatic nitrogens is 3. The Morgan fingerprint density at radius 2 is 2.39 bits per heavy atom. The molecule has 2 rings (SSSR count). The van der Waals surface area contributed by atoms with E-state index >= 15 is 0 Å². The number of carbonyl (C=O) groups is 1. The normalized spacial score (nSPS) is 10.3. The number of anilines is 1. The van der Waals surface area contributed by atoms with Gasteiger partial charge in [-0.15, -0.1) is 5.10 Å². The van der Waals surface area contributed by atoms with Gasteiger partial charge < -0.3 is 9.73 Å². The highest BCUT2D eigenvalue weighted by atomic mass is 16.3. The number of urea groups is 1. The zero-order chi connectivity index (χ0) is 13.0. The van der Waals surface area contributed by atoms with Crippen molar-refractivity contribution in [3.8, 4) is 0 Å². The summed E-state index contributed by atoms with van der Waals surface area (Å²) in [4.78, 5) is 15.7. The highest BCUT2D eigenvalue weighted by molar-refractivity contribution is 5.87. The second-order valence-electron chi connectivity index (χ2n) is 3.72. The molecule has 0 aliphatic heterocycles. The third kappa shape index (κ3) is 2.88. The molecule has 0 bridgehead atoms. The van der Waals surface area contributed by atoms with E-state index in [0.717, 1.165) is 12.2 Å². The van der Waals surface area contributed by atoms with Crippen LogP contribution in [0.1, 0.15) is 18.5 Å². The lowest BCUT2D eigenvalue weighted by atomic mass is 10.4. The molecule has 18 heavy (non-hydrogen) atoms. The van der Waals surface area contributed by atoms with Crippen molar-refractivity contribution < 1.29 is 9.21 Å². The maximum Gasteiger partial charge on any atom is 0.322 e. The Kier molecular flexibility index (Phi) is 3.61. The van der Waals surface area contributed by atoms with Crippen molar-refractivity contribution in [3.05, 3.63) is 30.0 Å². The minimum Gasteiger partial charge on any atom is -0.467 e. The van der Waals surface area contributed by atoms with E-state index in [0.29, 0.717) is 18.3 Å². The van der Waals surface area contributed by atoms with Gasteiger partial charge in [-0.3, -0.25) is 10.00 Å². The van der Waals surface area contributed by atoms with Crippen LogP contribution in [0.5, 0.6) is 0 Å². The molecule has 0 saturated carbocycles. The van der Waals surface area contributed by atoms with Gasteiger partial charge in [-0.1, -0.05) is 6.92 Å². The lowest BCUT2D eigenvalue weighted by Gasteiger charge is -2.02. The first kappa shape index (κ1) is 12.2. The van der Waals surface area contributed by atoms with E-state index in [1.165, 1.54) is 0 Å². The zero-order valence-corrected chi connectivity index (χ0v) is 10.3. The highest BCUT2D eigenvalue weighted by Crippen LogP contribution is 2.03. The quantitative estimate of drug-likeness (QED) is 0.855. The summed E-state index contributed by atoms with van der Waals surface area (Å²) in [5.74, 6) is 1.80. The molecule has 0 atom stereocenters. The lowest BCUT2D eigenvalue weighted by molar-refractivity contribution is 0.250. The molecule has 0 radical (unpaired) electrons. The Labute approximate surface area is 104 Å². The van der Waals surface area contributed by atoms with Crippen molar-refractivity contribution in [3.63, 3.8) is 0 Å². The Morgan fingerprint density at radius 1 is 1.56 bits per heavy atom. The summed E-state index contributed by atoms with van der Waals surface area (Å²) in [6, 6.07) is 3.19. The molecule has 2 amide bonds. The zero-order valence-electron chi connectivity index (χ0n) is 10.3. The van der Waals surface area contributed by atoms with Crippen LogP contribution < -0.4 is 10.6 Å². The second-order valence-corrected chi connectivity index (χ2v) is 3.72. The molecule has 2 aromatic heterocycles. The average molecular weight is 249 g/mol. The summed E-state index contributed by atoms with van der Waals surface area (Å²) in [6.45, 7) is 2.30. The molecule has 2 aromatic rings. The van der Waals surface area contributed by atoms with Crippen molar-refractivity contribution in [2.24, 2.45) is 7.05 Å². The molecular weight excluding hydrogens is 234 g/mol. The van der Waals surface area contributed by atoms with Crippen LogP contribution in [0.25, 0.3) is 0 Å². The highest BCUT2D eigenvalue weighted by Gasteiger charge is 2.08. The third-order valence-electron chi connectivity index (χ3n) is 2.40. The molecule has 0 unspecified atom stereocenters. The summed E-state index contributed by atoms with van der Waals surface area (Å²) in [5, 5.41) is 9.29. The van der Waals surface area contributed by atoms with Crippen LogP contribution in [0.15, 0.2) is 22.8 Å². The summed E-state index contributed by atoms with van der Waals surface area (Å²) in [7, 11) is 1.79. The number of hydrogen-bond donors (Lipinski definition) is 2. The number of nitrogens with one attached hydrogen (secondary N) is 2. The largest absolute Gasteiger partial charge is 0.467 e. The predicted octanol–water partition coefficient (Wildman–Crippen LogP) is 1.29. The van der Waals surface area contributed by atoms with E-state index in [-0.39, 0.29) is 6.03 Å². The molecule has 2 N–H and O–H groups in total. The van der Waals surface area contributed by atoms with Gasteiger partial charge in [0.15, 0.2) is 0 Å². The molecule has 96 valence electrons. The van der Waals surface area contributed by atoms with E-state index in [4.69, 9.17) is 4.42 Å². The number of carbonyl (C=O) groups excluding carboxylic acids is 1. The molecule has 0 aromatic carbocycles. The van der Waals surface area contributed by atoms with Crippen LogP contribution in [-0.2, 0) is 20.0 Å². The fraction of sp³-hybridized carbons (Fsp3) is 0.364. The molecule has 2 heterocycles. The van der Waals surface area contributed by atoms with E-state index < -0.39 is 0 Å². The van der Waals surface area contributed by atoms with Crippen LogP contribution in [0.2, 0.25) is 0 Å². The number of hydrogen-bond acceptors (Lipinski definition) is 4. The minimum atomic E-state index is -0.361. The summed E-state index contributed by atoms with van der Waals surface area (Å²) in [5.41, 5.74) is 0. The maximum absolute atomic E-state index is 11.6. The van der Waals surface area contributed by atoms with Crippen molar-refractivity contribution in [2.75, 3.05) is 5.32 Å². The van der Waals surface area contributed by atoms with Gasteiger partial charge >= 0.3 is 6.03 Å². The number of rotatable bonds is 4. The van der Waals surface area contributed by atoms with Gasteiger partial charge in [-0.05, 0) is 12.1 Å². The van der Waals surface area contributed by atoms with Gasteiger partial charge in [0.2, 0.25) is 5.95 Å². The van der Waals surface area contributed by atoms with E-state index in [2.05, 4.69) is 20.7 Å². The number of aryl methyl sites for hydroxylation is 2. The van der Waals surface area contributed by atoms with Crippen molar-refractivity contribution in [1.82, 2.24) is 20.1 Å². The molecule has 0 spiro atoms. The first-order valence-electron chi connectivity index (χ1n) is 5.66. The summed E-state index contributed by atoms with van der Waals surface area (Å²) < 4.78 is 6.74. The summed E-state index contributed by atoms with van der Waals surface area (Å²) in [6.07, 6.45) is 2.32. The Hall–Kier alpha value is -2.31. The third-order valence-corrected chi connectivity index (χ3v) is 2.40. The monoisotopic (exact) mass is 249 g/mol. The van der Waals surface area contributed by atoms with Crippen LogP contribution in [-0.4, -0.2) is 20.8 Å². The van der Waals surface area contributed by atoms with Gasteiger partial charge in [-0.25, -0.2) is 4.79 Å². The van der Waals surface area contributed by atoms with Crippen LogP contribution >= 0.6 is 0 Å². The SMILES string of the molecule is CCc1nc(NC(=O)NCc2ccco2)nn1C. The lowest BCUT2D eigenvalue weighted by Crippen LogP contribution is -2.28. The second kappa shape index (κ2) is 5.35. The van der Waals surface area contributed by atoms with E-state index in [1.54, 1.807) is 30.1 Å². The van der Waals surface area contributed by atoms with Crippen molar-refractivity contribution >= 4 is 12.0 Å². The Morgan fingerprint density at radius 3 is 3.00 bits per heavy atom. The molecule has 0 aliphatic carbocycles. The molecule has 0 saturated heterocycles. The van der Waals surface area contributed by atoms with Crippen LogP contribution in [0.3, 0.4) is 0 Å². The standard InChI is InChI=1S/C11H15N5O2/c1-3-9-13-10(15-16(9)2)14-11(17)12-7-8-5-4-6-18-8/h4-6H,3,7H2,1-2H3,(H2,12,14,15,17).